The van der Waals surface area contributed by atoms with E-state index >= 15 is 0 Å². The van der Waals surface area contributed by atoms with Crippen molar-refractivity contribution >= 4 is 0 Å². The molecule has 0 radical (unpaired) electrons. The van der Waals surface area contributed by atoms with Gasteiger partial charge in [-0.25, -0.2) is 0 Å². The van der Waals surface area contributed by atoms with E-state index in [0.717, 1.165) is 52.2 Å². The lowest BCUT2D eigenvalue weighted by Crippen LogP contribution is -2.29. The third kappa shape index (κ3) is 8.22. The SMILES string of the molecule is CCCOCCN(CC)CCCN. The molecule has 2 N–H and O–H groups in total. The van der Waals surface area contributed by atoms with E-state index in [4.69, 9.17) is 10.5 Å². The van der Waals surface area contributed by atoms with Crippen LogP contribution in [0.2, 0.25) is 0 Å². The third-order valence-corrected chi connectivity index (χ3v) is 2.03. The molecule has 0 aromatic heterocycles. The zero-order valence-corrected chi connectivity index (χ0v) is 9.09. The fourth-order valence-electron chi connectivity index (χ4n) is 1.18. The summed E-state index contributed by atoms with van der Waals surface area (Å²) in [4.78, 5) is 2.38. The van der Waals surface area contributed by atoms with Crippen molar-refractivity contribution in [3.8, 4) is 0 Å². The molecule has 0 fully saturated rings. The van der Waals surface area contributed by atoms with Gasteiger partial charge in [-0.1, -0.05) is 13.8 Å². The Kier molecular flexibility index (Phi) is 9.87. The van der Waals surface area contributed by atoms with Gasteiger partial charge in [0.2, 0.25) is 0 Å². The molecule has 0 atom stereocenters. The molecule has 0 aliphatic heterocycles. The first kappa shape index (κ1) is 12.9. The average molecular weight is 188 g/mol. The highest BCUT2D eigenvalue weighted by Gasteiger charge is 2.00. The van der Waals surface area contributed by atoms with Crippen molar-refractivity contribution in [1.29, 1.82) is 0 Å². The van der Waals surface area contributed by atoms with Crippen molar-refractivity contribution < 1.29 is 4.74 Å². The van der Waals surface area contributed by atoms with E-state index in [2.05, 4.69) is 18.7 Å². The second-order valence-electron chi connectivity index (χ2n) is 3.19. The standard InChI is InChI=1S/C10H24N2O/c1-3-9-13-10-8-12(4-2)7-5-6-11/h3-11H2,1-2H3. The van der Waals surface area contributed by atoms with Crippen LogP contribution in [-0.2, 0) is 4.74 Å². The fraction of sp³-hybridized carbons (Fsp3) is 1.00. The van der Waals surface area contributed by atoms with E-state index in [-0.39, 0.29) is 0 Å². The molecule has 0 heterocycles. The fourth-order valence-corrected chi connectivity index (χ4v) is 1.18. The summed E-state index contributed by atoms with van der Waals surface area (Å²) in [5.74, 6) is 0. The number of nitrogens with zero attached hydrogens (tertiary/aromatic N) is 1. The first-order valence-electron chi connectivity index (χ1n) is 5.35. The molecule has 3 nitrogen and oxygen atoms in total. The molecule has 0 bridgehead atoms. The van der Waals surface area contributed by atoms with Crippen LogP contribution in [0, 0.1) is 0 Å². The molecule has 0 aromatic rings. The highest BCUT2D eigenvalue weighted by molar-refractivity contribution is 4.54. The smallest absolute Gasteiger partial charge is 0.0593 e. The van der Waals surface area contributed by atoms with E-state index in [1.54, 1.807) is 0 Å². The number of likely N-dealkylation sites (N-methyl/N-ethyl adjacent to an activating group) is 1. The Morgan fingerprint density at radius 3 is 2.46 bits per heavy atom. The van der Waals surface area contributed by atoms with E-state index in [1.165, 1.54) is 0 Å². The number of hydrogen-bond acceptors (Lipinski definition) is 3. The maximum Gasteiger partial charge on any atom is 0.0593 e. The average Bonchev–Trinajstić information content (AvgIpc) is 2.17. The second-order valence-corrected chi connectivity index (χ2v) is 3.19. The zero-order chi connectivity index (χ0) is 9.94. The minimum absolute atomic E-state index is 0.784. The first-order valence-corrected chi connectivity index (χ1v) is 5.35. The molecule has 0 saturated heterocycles. The number of hydrogen-bond donors (Lipinski definition) is 1. The minimum atomic E-state index is 0.784. The summed E-state index contributed by atoms with van der Waals surface area (Å²) in [6.07, 6.45) is 2.19. The number of nitrogens with two attached hydrogens (primary N) is 1. The molecule has 0 rings (SSSR count). The van der Waals surface area contributed by atoms with Crippen LogP contribution in [0.1, 0.15) is 26.7 Å². The topological polar surface area (TPSA) is 38.5 Å². The van der Waals surface area contributed by atoms with Gasteiger partial charge in [0.15, 0.2) is 0 Å². The quantitative estimate of drug-likeness (QED) is 0.550. The van der Waals surface area contributed by atoms with Crippen molar-refractivity contribution in [2.45, 2.75) is 26.7 Å². The van der Waals surface area contributed by atoms with Crippen molar-refractivity contribution in [1.82, 2.24) is 4.90 Å². The van der Waals surface area contributed by atoms with Gasteiger partial charge in [-0.15, -0.1) is 0 Å². The first-order chi connectivity index (χ1) is 6.35. The van der Waals surface area contributed by atoms with Gasteiger partial charge in [0.25, 0.3) is 0 Å². The summed E-state index contributed by atoms with van der Waals surface area (Å²) in [5, 5.41) is 0. The van der Waals surface area contributed by atoms with E-state index in [9.17, 15) is 0 Å². The Bertz CT molecular complexity index is 98.9. The van der Waals surface area contributed by atoms with Crippen molar-refractivity contribution in [3.63, 3.8) is 0 Å². The van der Waals surface area contributed by atoms with Crippen LogP contribution >= 0.6 is 0 Å². The largest absolute Gasteiger partial charge is 0.380 e. The summed E-state index contributed by atoms with van der Waals surface area (Å²) in [5.41, 5.74) is 5.45. The summed E-state index contributed by atoms with van der Waals surface area (Å²) in [7, 11) is 0. The Balaban J connectivity index is 3.25. The molecular formula is C10H24N2O. The van der Waals surface area contributed by atoms with Crippen LogP contribution in [0.4, 0.5) is 0 Å². The second kappa shape index (κ2) is 9.96. The van der Waals surface area contributed by atoms with Crippen molar-refractivity contribution in [2.24, 2.45) is 5.73 Å². The molecule has 0 saturated carbocycles. The molecule has 0 aliphatic rings. The van der Waals surface area contributed by atoms with Gasteiger partial charge in [0, 0.05) is 13.2 Å². The highest BCUT2D eigenvalue weighted by atomic mass is 16.5. The van der Waals surface area contributed by atoms with Crippen LogP contribution in [-0.4, -0.2) is 44.3 Å². The normalized spacial score (nSPS) is 11.1. The molecule has 0 unspecified atom stereocenters. The summed E-state index contributed by atoms with van der Waals surface area (Å²) < 4.78 is 5.42. The van der Waals surface area contributed by atoms with Crippen LogP contribution in [0.15, 0.2) is 0 Å². The van der Waals surface area contributed by atoms with Crippen LogP contribution < -0.4 is 5.73 Å². The lowest BCUT2D eigenvalue weighted by molar-refractivity contribution is 0.105. The van der Waals surface area contributed by atoms with Gasteiger partial charge >= 0.3 is 0 Å². The molecule has 80 valence electrons. The molecular weight excluding hydrogens is 164 g/mol. The monoisotopic (exact) mass is 188 g/mol. The van der Waals surface area contributed by atoms with Crippen LogP contribution in [0.25, 0.3) is 0 Å². The van der Waals surface area contributed by atoms with Gasteiger partial charge in [-0.05, 0) is 32.5 Å². The summed E-state index contributed by atoms with van der Waals surface area (Å²) in [6.45, 7) is 10.1. The zero-order valence-electron chi connectivity index (χ0n) is 9.09. The van der Waals surface area contributed by atoms with Gasteiger partial charge in [-0.3, -0.25) is 0 Å². The van der Waals surface area contributed by atoms with E-state index in [1.807, 2.05) is 0 Å². The van der Waals surface area contributed by atoms with Gasteiger partial charge < -0.3 is 15.4 Å². The van der Waals surface area contributed by atoms with Crippen LogP contribution in [0.3, 0.4) is 0 Å². The maximum atomic E-state index is 5.45. The number of rotatable bonds is 9. The van der Waals surface area contributed by atoms with Crippen LogP contribution in [0.5, 0.6) is 0 Å². The van der Waals surface area contributed by atoms with Gasteiger partial charge in [0.05, 0.1) is 6.61 Å². The predicted molar refractivity (Wildman–Crippen MR) is 56.9 cm³/mol. The van der Waals surface area contributed by atoms with Gasteiger partial charge in [-0.2, -0.15) is 0 Å². The molecule has 0 aromatic carbocycles. The number of ether oxygens (including phenoxy) is 1. The Hall–Kier alpha value is -0.120. The van der Waals surface area contributed by atoms with Gasteiger partial charge in [0.1, 0.15) is 0 Å². The third-order valence-electron chi connectivity index (χ3n) is 2.03. The molecule has 13 heavy (non-hydrogen) atoms. The molecule has 0 spiro atoms. The Morgan fingerprint density at radius 1 is 1.15 bits per heavy atom. The lowest BCUT2D eigenvalue weighted by atomic mass is 10.4. The summed E-state index contributed by atoms with van der Waals surface area (Å²) >= 11 is 0. The minimum Gasteiger partial charge on any atom is -0.380 e. The van der Waals surface area contributed by atoms with Crippen molar-refractivity contribution in [3.05, 3.63) is 0 Å². The molecule has 3 heteroatoms. The molecule has 0 aliphatic carbocycles. The molecule has 0 amide bonds. The predicted octanol–water partition coefficient (Wildman–Crippen LogP) is 1.08. The van der Waals surface area contributed by atoms with E-state index in [0.29, 0.717) is 0 Å². The lowest BCUT2D eigenvalue weighted by Gasteiger charge is -2.19. The Morgan fingerprint density at radius 2 is 1.92 bits per heavy atom. The van der Waals surface area contributed by atoms with E-state index < -0.39 is 0 Å². The highest BCUT2D eigenvalue weighted by Crippen LogP contribution is 1.91. The van der Waals surface area contributed by atoms with Crippen molar-refractivity contribution in [2.75, 3.05) is 39.4 Å². The Labute approximate surface area is 82.2 Å². The summed E-state index contributed by atoms with van der Waals surface area (Å²) in [6, 6.07) is 0. The maximum absolute atomic E-state index is 5.45.